The van der Waals surface area contributed by atoms with Crippen molar-refractivity contribution < 1.29 is 19.5 Å². The summed E-state index contributed by atoms with van der Waals surface area (Å²) in [5.41, 5.74) is 0.0478. The van der Waals surface area contributed by atoms with Crippen molar-refractivity contribution in [1.82, 2.24) is 15.6 Å². The molecule has 0 aliphatic carbocycles. The Morgan fingerprint density at radius 2 is 2.11 bits per heavy atom. The molecule has 3 N–H and O–H groups in total. The van der Waals surface area contributed by atoms with Gasteiger partial charge in [0, 0.05) is 24.4 Å². The molecule has 0 aliphatic rings. The first kappa shape index (κ1) is 15.1. The molecule has 1 aromatic heterocycles. The summed E-state index contributed by atoms with van der Waals surface area (Å²) in [7, 11) is 0. The van der Waals surface area contributed by atoms with Crippen molar-refractivity contribution >= 4 is 29.1 Å². The lowest BCUT2D eigenvalue weighted by molar-refractivity contribution is -0.121. The number of carboxylic acid groups (broad SMARTS) is 1. The number of rotatable bonds is 6. The van der Waals surface area contributed by atoms with Crippen molar-refractivity contribution in [3.63, 3.8) is 0 Å². The molecule has 0 bridgehead atoms. The third-order valence-electron chi connectivity index (χ3n) is 2.01. The molecule has 0 saturated carbocycles. The fourth-order valence-electron chi connectivity index (χ4n) is 1.25. The topological polar surface area (TPSA) is 108 Å². The zero-order valence-electron chi connectivity index (χ0n) is 10.6. The van der Waals surface area contributed by atoms with Gasteiger partial charge in [-0.25, -0.2) is 9.78 Å². The highest BCUT2D eigenvalue weighted by atomic mass is 32.1. The summed E-state index contributed by atoms with van der Waals surface area (Å²) in [6, 6.07) is 0.0554. The van der Waals surface area contributed by atoms with Crippen molar-refractivity contribution in [3.8, 4) is 0 Å². The molecule has 8 heteroatoms. The standard InChI is InChI=1S/C11H15N3O4S/c1-6(2)13-8(15)3-4-12-9(16)7-5-19-10(14-7)11(17)18/h5-6H,3-4H2,1-2H3,(H,12,16)(H,13,15)(H,17,18). The molecule has 0 unspecified atom stereocenters. The Morgan fingerprint density at radius 3 is 2.63 bits per heavy atom. The molecule has 2 amide bonds. The summed E-state index contributed by atoms with van der Waals surface area (Å²) in [5, 5.41) is 15.1. The number of amides is 2. The second-order valence-electron chi connectivity index (χ2n) is 4.07. The minimum Gasteiger partial charge on any atom is -0.476 e. The van der Waals surface area contributed by atoms with Crippen molar-refractivity contribution in [2.75, 3.05) is 6.54 Å². The van der Waals surface area contributed by atoms with Crippen LogP contribution in [0.3, 0.4) is 0 Å². The van der Waals surface area contributed by atoms with Gasteiger partial charge in [-0.2, -0.15) is 0 Å². The fourth-order valence-corrected chi connectivity index (χ4v) is 1.89. The van der Waals surface area contributed by atoms with Crippen LogP contribution in [0.15, 0.2) is 5.38 Å². The van der Waals surface area contributed by atoms with Gasteiger partial charge < -0.3 is 15.7 Å². The molecule has 19 heavy (non-hydrogen) atoms. The number of carbonyl (C=O) groups is 3. The highest BCUT2D eigenvalue weighted by molar-refractivity contribution is 7.11. The number of nitrogens with one attached hydrogen (secondary N) is 2. The summed E-state index contributed by atoms with van der Waals surface area (Å²) in [5.74, 6) is -1.80. The Kier molecular flexibility index (Phi) is 5.43. The smallest absolute Gasteiger partial charge is 0.365 e. The van der Waals surface area contributed by atoms with Crippen LogP contribution < -0.4 is 10.6 Å². The Bertz CT molecular complexity index is 484. The molecular formula is C11H15N3O4S. The summed E-state index contributed by atoms with van der Waals surface area (Å²) in [4.78, 5) is 37.2. The van der Waals surface area contributed by atoms with Gasteiger partial charge in [-0.3, -0.25) is 9.59 Å². The predicted octanol–water partition coefficient (Wildman–Crippen LogP) is 0.486. The van der Waals surface area contributed by atoms with Gasteiger partial charge in [0.25, 0.3) is 5.91 Å². The van der Waals surface area contributed by atoms with Crippen LogP contribution in [0.5, 0.6) is 0 Å². The minimum absolute atomic E-state index is 0.0478. The fraction of sp³-hybridized carbons (Fsp3) is 0.455. The number of aromatic carboxylic acids is 1. The highest BCUT2D eigenvalue weighted by Gasteiger charge is 2.14. The number of thiazole rings is 1. The van der Waals surface area contributed by atoms with E-state index in [1.165, 1.54) is 5.38 Å². The predicted molar refractivity (Wildman–Crippen MR) is 69.3 cm³/mol. The number of carboxylic acids is 1. The zero-order chi connectivity index (χ0) is 14.4. The van der Waals surface area contributed by atoms with Crippen LogP contribution in [0.25, 0.3) is 0 Å². The molecule has 0 aliphatic heterocycles. The van der Waals surface area contributed by atoms with Crippen LogP contribution in [-0.2, 0) is 4.79 Å². The number of nitrogens with zero attached hydrogens (tertiary/aromatic N) is 1. The first-order valence-corrected chi connectivity index (χ1v) is 6.54. The molecule has 0 radical (unpaired) electrons. The van der Waals surface area contributed by atoms with E-state index < -0.39 is 11.9 Å². The number of hydrogen-bond donors (Lipinski definition) is 3. The molecule has 0 aromatic carbocycles. The second kappa shape index (κ2) is 6.83. The second-order valence-corrected chi connectivity index (χ2v) is 4.93. The van der Waals surface area contributed by atoms with Gasteiger partial charge in [-0.1, -0.05) is 0 Å². The number of aromatic nitrogens is 1. The zero-order valence-corrected chi connectivity index (χ0v) is 11.4. The van der Waals surface area contributed by atoms with E-state index in [4.69, 9.17) is 5.11 Å². The van der Waals surface area contributed by atoms with E-state index in [-0.39, 0.29) is 35.6 Å². The van der Waals surface area contributed by atoms with Gasteiger partial charge in [0.1, 0.15) is 5.69 Å². The van der Waals surface area contributed by atoms with E-state index in [1.807, 2.05) is 13.8 Å². The Labute approximate surface area is 114 Å². The van der Waals surface area contributed by atoms with E-state index in [2.05, 4.69) is 15.6 Å². The molecular weight excluding hydrogens is 270 g/mol. The molecule has 0 fully saturated rings. The first-order chi connectivity index (χ1) is 8.90. The summed E-state index contributed by atoms with van der Waals surface area (Å²) >= 11 is 0.883. The maximum absolute atomic E-state index is 11.6. The quantitative estimate of drug-likeness (QED) is 0.704. The lowest BCUT2D eigenvalue weighted by atomic mass is 10.3. The molecule has 0 spiro atoms. The van der Waals surface area contributed by atoms with Crippen LogP contribution in [0.1, 0.15) is 40.6 Å². The lowest BCUT2D eigenvalue weighted by Crippen LogP contribution is -2.34. The van der Waals surface area contributed by atoms with Gasteiger partial charge in [0.05, 0.1) is 0 Å². The van der Waals surface area contributed by atoms with Crippen molar-refractivity contribution in [2.45, 2.75) is 26.3 Å². The maximum Gasteiger partial charge on any atom is 0.365 e. The van der Waals surface area contributed by atoms with Crippen LogP contribution in [-0.4, -0.2) is 40.5 Å². The van der Waals surface area contributed by atoms with Gasteiger partial charge in [0.2, 0.25) is 10.9 Å². The molecule has 1 heterocycles. The largest absolute Gasteiger partial charge is 0.476 e. The molecule has 104 valence electrons. The molecule has 1 rings (SSSR count). The maximum atomic E-state index is 11.6. The van der Waals surface area contributed by atoms with E-state index in [1.54, 1.807) is 0 Å². The molecule has 7 nitrogen and oxygen atoms in total. The summed E-state index contributed by atoms with van der Waals surface area (Å²) in [6.45, 7) is 3.87. The number of carbonyl (C=O) groups excluding carboxylic acids is 2. The average Bonchev–Trinajstić information content (AvgIpc) is 2.76. The molecule has 0 atom stereocenters. The summed E-state index contributed by atoms with van der Waals surface area (Å²) in [6.07, 6.45) is 0.167. The van der Waals surface area contributed by atoms with Crippen LogP contribution in [0, 0.1) is 0 Å². The van der Waals surface area contributed by atoms with E-state index in [0.29, 0.717) is 0 Å². The Morgan fingerprint density at radius 1 is 1.42 bits per heavy atom. The van der Waals surface area contributed by atoms with Crippen molar-refractivity contribution in [1.29, 1.82) is 0 Å². The summed E-state index contributed by atoms with van der Waals surface area (Å²) < 4.78 is 0. The average molecular weight is 285 g/mol. The van der Waals surface area contributed by atoms with E-state index in [9.17, 15) is 14.4 Å². The van der Waals surface area contributed by atoms with Crippen LogP contribution >= 0.6 is 11.3 Å². The van der Waals surface area contributed by atoms with Gasteiger partial charge in [-0.05, 0) is 13.8 Å². The minimum atomic E-state index is -1.17. The first-order valence-electron chi connectivity index (χ1n) is 5.66. The van der Waals surface area contributed by atoms with E-state index in [0.717, 1.165) is 11.3 Å². The molecule has 1 aromatic rings. The third kappa shape index (κ3) is 5.04. The SMILES string of the molecule is CC(C)NC(=O)CCNC(=O)c1csc(C(=O)O)n1. The highest BCUT2D eigenvalue weighted by Crippen LogP contribution is 2.09. The van der Waals surface area contributed by atoms with Crippen molar-refractivity contribution in [3.05, 3.63) is 16.1 Å². The van der Waals surface area contributed by atoms with Gasteiger partial charge in [0.15, 0.2) is 0 Å². The Hall–Kier alpha value is -1.96. The van der Waals surface area contributed by atoms with Gasteiger partial charge in [-0.15, -0.1) is 11.3 Å². The normalized spacial score (nSPS) is 10.3. The van der Waals surface area contributed by atoms with E-state index >= 15 is 0 Å². The number of hydrogen-bond acceptors (Lipinski definition) is 5. The van der Waals surface area contributed by atoms with Crippen molar-refractivity contribution in [2.24, 2.45) is 0 Å². The van der Waals surface area contributed by atoms with Gasteiger partial charge >= 0.3 is 5.97 Å². The van der Waals surface area contributed by atoms with Crippen LogP contribution in [0.2, 0.25) is 0 Å². The third-order valence-corrected chi connectivity index (χ3v) is 2.84. The van der Waals surface area contributed by atoms with Crippen LogP contribution in [0.4, 0.5) is 0 Å². The molecule has 0 saturated heterocycles. The Balaban J connectivity index is 2.39. The lowest BCUT2D eigenvalue weighted by Gasteiger charge is -2.08. The monoisotopic (exact) mass is 285 g/mol.